The summed E-state index contributed by atoms with van der Waals surface area (Å²) in [6.45, 7) is 13.3. The molecule has 9 nitrogen and oxygen atoms in total. The maximum Gasteiger partial charge on any atom is 0.303 e. The second-order valence-corrected chi connectivity index (χ2v) is 11.8. The van der Waals surface area contributed by atoms with Crippen molar-refractivity contribution in [1.82, 2.24) is 0 Å². The summed E-state index contributed by atoms with van der Waals surface area (Å²) in [6.07, 6.45) is -4.41. The molecule has 0 amide bonds. The highest BCUT2D eigenvalue weighted by Gasteiger charge is 2.78. The first-order chi connectivity index (χ1) is 16.1. The van der Waals surface area contributed by atoms with Crippen molar-refractivity contribution in [2.45, 2.75) is 91.3 Å². The summed E-state index contributed by atoms with van der Waals surface area (Å²) in [5.41, 5.74) is -2.94. The Kier molecular flexibility index (Phi) is 6.00. The molecular formula is C26H36O9. The average Bonchev–Trinajstić information content (AvgIpc) is 2.90. The van der Waals surface area contributed by atoms with E-state index in [2.05, 4.69) is 6.58 Å². The number of carbonyl (C=O) groups excluding carboxylic acids is 4. The lowest BCUT2D eigenvalue weighted by molar-refractivity contribution is -0.297. The number of aliphatic hydroxyl groups excluding tert-OH is 2. The van der Waals surface area contributed by atoms with Crippen molar-refractivity contribution in [3.8, 4) is 0 Å². The van der Waals surface area contributed by atoms with Gasteiger partial charge < -0.3 is 24.4 Å². The highest BCUT2D eigenvalue weighted by atomic mass is 16.6. The van der Waals surface area contributed by atoms with Crippen LogP contribution in [0, 0.1) is 34.0 Å². The molecule has 0 radical (unpaired) electrons. The molecule has 194 valence electrons. The molecule has 4 saturated carbocycles. The predicted molar refractivity (Wildman–Crippen MR) is 121 cm³/mol. The number of fused-ring (bicyclic) bond motifs is 3. The van der Waals surface area contributed by atoms with E-state index in [1.807, 2.05) is 6.92 Å². The monoisotopic (exact) mass is 492 g/mol. The van der Waals surface area contributed by atoms with Gasteiger partial charge in [-0.2, -0.15) is 0 Å². The molecule has 0 aromatic heterocycles. The van der Waals surface area contributed by atoms with Crippen LogP contribution in [0.1, 0.15) is 60.8 Å². The molecule has 1 spiro atoms. The predicted octanol–water partition coefficient (Wildman–Crippen LogP) is 1.72. The van der Waals surface area contributed by atoms with Gasteiger partial charge in [-0.3, -0.25) is 19.2 Å². The molecule has 0 saturated heterocycles. The van der Waals surface area contributed by atoms with Crippen LogP contribution in [0.5, 0.6) is 0 Å². The zero-order valence-corrected chi connectivity index (χ0v) is 21.2. The Balaban J connectivity index is 1.98. The quantitative estimate of drug-likeness (QED) is 0.343. The lowest BCUT2D eigenvalue weighted by Crippen LogP contribution is -2.75. The third kappa shape index (κ3) is 3.49. The summed E-state index contributed by atoms with van der Waals surface area (Å²) < 4.78 is 17.1. The summed E-state index contributed by atoms with van der Waals surface area (Å²) >= 11 is 0. The number of ether oxygens (including phenoxy) is 3. The summed E-state index contributed by atoms with van der Waals surface area (Å²) in [5.74, 6) is -3.57. The number of allylic oxidation sites excluding steroid dienone is 1. The minimum Gasteiger partial charge on any atom is -0.462 e. The van der Waals surface area contributed by atoms with Gasteiger partial charge in [-0.05, 0) is 36.2 Å². The van der Waals surface area contributed by atoms with Crippen LogP contribution in [-0.4, -0.2) is 64.4 Å². The normalized spacial score (nSPS) is 45.7. The van der Waals surface area contributed by atoms with E-state index in [9.17, 15) is 29.4 Å². The number of carbonyl (C=O) groups is 4. The first-order valence-electron chi connectivity index (χ1n) is 12.2. The molecule has 0 heterocycles. The van der Waals surface area contributed by atoms with E-state index >= 15 is 0 Å². The molecule has 9 heteroatoms. The van der Waals surface area contributed by atoms with Gasteiger partial charge in [0.2, 0.25) is 0 Å². The Morgan fingerprint density at radius 2 is 1.40 bits per heavy atom. The minimum absolute atomic E-state index is 0.140. The van der Waals surface area contributed by atoms with E-state index in [0.29, 0.717) is 18.4 Å². The third-order valence-electron chi connectivity index (χ3n) is 9.32. The van der Waals surface area contributed by atoms with E-state index in [1.165, 1.54) is 20.8 Å². The van der Waals surface area contributed by atoms with E-state index in [-0.39, 0.29) is 18.1 Å². The maximum atomic E-state index is 13.8. The topological polar surface area (TPSA) is 136 Å². The molecule has 35 heavy (non-hydrogen) atoms. The van der Waals surface area contributed by atoms with Crippen LogP contribution in [0.3, 0.4) is 0 Å². The molecule has 4 aliphatic carbocycles. The molecular weight excluding hydrogens is 456 g/mol. The number of Topliss-reactive ketones (excluding diaryl/α,β-unsaturated/α-hetero) is 1. The Labute approximate surface area is 205 Å². The summed E-state index contributed by atoms with van der Waals surface area (Å²) in [6, 6.07) is 0. The van der Waals surface area contributed by atoms with Crippen molar-refractivity contribution in [3.63, 3.8) is 0 Å². The molecule has 4 aliphatic rings. The van der Waals surface area contributed by atoms with Gasteiger partial charge in [0.1, 0.15) is 24.4 Å². The summed E-state index contributed by atoms with van der Waals surface area (Å²) in [4.78, 5) is 50.1. The van der Waals surface area contributed by atoms with Crippen LogP contribution in [0.25, 0.3) is 0 Å². The molecule has 0 unspecified atom stereocenters. The highest BCUT2D eigenvalue weighted by Crippen LogP contribution is 2.72. The summed E-state index contributed by atoms with van der Waals surface area (Å²) in [7, 11) is 0. The van der Waals surface area contributed by atoms with Crippen molar-refractivity contribution >= 4 is 23.7 Å². The molecule has 0 aliphatic heterocycles. The molecule has 10 atom stereocenters. The number of aliphatic hydroxyl groups is 2. The Morgan fingerprint density at radius 3 is 1.94 bits per heavy atom. The number of hydrogen-bond donors (Lipinski definition) is 2. The Morgan fingerprint density at radius 1 is 0.857 bits per heavy atom. The molecule has 0 aromatic rings. The van der Waals surface area contributed by atoms with Crippen LogP contribution in [0.2, 0.25) is 0 Å². The molecule has 2 bridgehead atoms. The van der Waals surface area contributed by atoms with E-state index in [1.54, 1.807) is 13.8 Å². The smallest absolute Gasteiger partial charge is 0.303 e. The first kappa shape index (κ1) is 25.8. The lowest BCUT2D eigenvalue weighted by atomic mass is 9.38. The largest absolute Gasteiger partial charge is 0.462 e. The minimum atomic E-state index is -1.39. The number of hydrogen-bond acceptors (Lipinski definition) is 9. The van der Waals surface area contributed by atoms with Crippen LogP contribution >= 0.6 is 0 Å². The van der Waals surface area contributed by atoms with E-state index in [0.717, 1.165) is 0 Å². The zero-order chi connectivity index (χ0) is 26.2. The van der Waals surface area contributed by atoms with Gasteiger partial charge >= 0.3 is 17.9 Å². The third-order valence-corrected chi connectivity index (χ3v) is 9.32. The number of ketones is 1. The Bertz CT molecular complexity index is 985. The van der Waals surface area contributed by atoms with Crippen LogP contribution in [-0.2, 0) is 33.4 Å². The Hall–Kier alpha value is -2.26. The van der Waals surface area contributed by atoms with Gasteiger partial charge in [0.15, 0.2) is 5.78 Å². The second kappa shape index (κ2) is 8.13. The van der Waals surface area contributed by atoms with Crippen molar-refractivity contribution in [3.05, 3.63) is 12.2 Å². The molecule has 2 N–H and O–H groups in total. The van der Waals surface area contributed by atoms with Gasteiger partial charge in [-0.1, -0.05) is 27.4 Å². The van der Waals surface area contributed by atoms with Gasteiger partial charge in [-0.15, -0.1) is 0 Å². The number of rotatable bonds is 3. The van der Waals surface area contributed by atoms with Crippen molar-refractivity contribution in [1.29, 1.82) is 0 Å². The van der Waals surface area contributed by atoms with Gasteiger partial charge in [-0.25, -0.2) is 0 Å². The highest BCUT2D eigenvalue weighted by molar-refractivity contribution is 6.04. The van der Waals surface area contributed by atoms with Gasteiger partial charge in [0.05, 0.1) is 11.5 Å². The number of esters is 3. The van der Waals surface area contributed by atoms with Crippen molar-refractivity contribution in [2.75, 3.05) is 0 Å². The average molecular weight is 493 g/mol. The molecule has 4 rings (SSSR count). The SMILES string of the molecule is C=C1C(=O)[C@]23C[C@H]1C[C@H](OC(C)=O)[C@H]2[C@]1(C)C[C@H](OC(C)=O)[C@H](O)C(C)(C)[C@H]1[C@@H](OC(C)=O)[C@@H]3O. The van der Waals surface area contributed by atoms with Crippen LogP contribution in [0.15, 0.2) is 12.2 Å². The standard InChI is InChI=1S/C26H36O9/c1-11-15-8-16(33-12(2)27)19-25(7)10-17(34-13(3)28)22(31)24(5,6)20(25)18(35-14(4)29)23(32)26(19,9-15)21(11)30/h15-20,22-23,31-32H,1,8-10H2,2-7H3/t15-,16+,17+,18-,19+,20-,22+,23+,25+,26+/m1/s1. The fraction of sp³-hybridized carbons (Fsp3) is 0.769. The first-order valence-corrected chi connectivity index (χ1v) is 12.2. The second-order valence-electron chi connectivity index (χ2n) is 11.8. The van der Waals surface area contributed by atoms with E-state index in [4.69, 9.17) is 14.2 Å². The fourth-order valence-corrected chi connectivity index (χ4v) is 8.55. The van der Waals surface area contributed by atoms with Gasteiger partial charge in [0, 0.05) is 38.0 Å². The van der Waals surface area contributed by atoms with Crippen LogP contribution in [0.4, 0.5) is 0 Å². The van der Waals surface area contributed by atoms with E-state index < -0.39 is 76.5 Å². The van der Waals surface area contributed by atoms with Gasteiger partial charge in [0.25, 0.3) is 0 Å². The fourth-order valence-electron chi connectivity index (χ4n) is 8.55. The van der Waals surface area contributed by atoms with Crippen LogP contribution < -0.4 is 0 Å². The summed E-state index contributed by atoms with van der Waals surface area (Å²) in [5, 5.41) is 23.2. The molecule has 0 aromatic carbocycles. The van der Waals surface area contributed by atoms with Crippen molar-refractivity contribution in [2.24, 2.45) is 34.0 Å². The molecule has 4 fully saturated rings. The van der Waals surface area contributed by atoms with Crippen molar-refractivity contribution < 1.29 is 43.6 Å². The lowest BCUT2D eigenvalue weighted by Gasteiger charge is -2.68. The maximum absolute atomic E-state index is 13.8. The zero-order valence-electron chi connectivity index (χ0n) is 21.2.